The second-order valence-corrected chi connectivity index (χ2v) is 7.15. The van der Waals surface area contributed by atoms with Gasteiger partial charge in [-0.2, -0.15) is 0 Å². The maximum absolute atomic E-state index is 12.4. The molecule has 8 heteroatoms. The molecule has 7 nitrogen and oxygen atoms in total. The first kappa shape index (κ1) is 15.7. The molecule has 0 saturated carbocycles. The highest BCUT2D eigenvalue weighted by Gasteiger charge is 2.27. The van der Waals surface area contributed by atoms with Gasteiger partial charge in [0.05, 0.1) is 6.26 Å². The van der Waals surface area contributed by atoms with Gasteiger partial charge in [0.25, 0.3) is 5.91 Å². The number of sulfonamides is 1. The number of aromatic nitrogens is 1. The van der Waals surface area contributed by atoms with Crippen LogP contribution in [0.15, 0.2) is 17.1 Å². The van der Waals surface area contributed by atoms with Crippen LogP contribution in [0.3, 0.4) is 0 Å². The fraction of sp³-hybridized carbons (Fsp3) is 0.538. The molecular formula is C13H19N3O4S. The summed E-state index contributed by atoms with van der Waals surface area (Å²) in [5.74, 6) is -0.365. The average Bonchev–Trinajstić information content (AvgIpc) is 2.36. The van der Waals surface area contributed by atoms with Gasteiger partial charge in [-0.15, -0.1) is 0 Å². The SMILES string of the molecule is Cc1cc(=O)c(C(=O)N2CCCC(NS(C)(=O)=O)C2)c[nH]1. The summed E-state index contributed by atoms with van der Waals surface area (Å²) in [6.45, 7) is 2.54. The minimum atomic E-state index is -3.31. The Labute approximate surface area is 123 Å². The Balaban J connectivity index is 2.14. The van der Waals surface area contributed by atoms with Crippen molar-refractivity contribution in [2.75, 3.05) is 19.3 Å². The number of likely N-dealkylation sites (tertiary alicyclic amines) is 1. The van der Waals surface area contributed by atoms with Gasteiger partial charge < -0.3 is 9.88 Å². The molecule has 1 atom stereocenters. The molecule has 2 heterocycles. The summed E-state index contributed by atoms with van der Waals surface area (Å²) < 4.78 is 25.0. The van der Waals surface area contributed by atoms with E-state index in [9.17, 15) is 18.0 Å². The Kier molecular flexibility index (Phi) is 4.48. The number of carbonyl (C=O) groups is 1. The van der Waals surface area contributed by atoms with Crippen molar-refractivity contribution in [1.82, 2.24) is 14.6 Å². The zero-order valence-corrected chi connectivity index (χ0v) is 12.9. The second kappa shape index (κ2) is 5.98. The van der Waals surface area contributed by atoms with Crippen LogP contribution in [0.1, 0.15) is 28.9 Å². The first-order valence-electron chi connectivity index (χ1n) is 6.72. The Morgan fingerprint density at radius 2 is 2.19 bits per heavy atom. The molecular weight excluding hydrogens is 294 g/mol. The number of piperidine rings is 1. The molecule has 2 N–H and O–H groups in total. The van der Waals surface area contributed by atoms with Gasteiger partial charge in [0.15, 0.2) is 5.43 Å². The lowest BCUT2D eigenvalue weighted by Crippen LogP contribution is -2.50. The Morgan fingerprint density at radius 3 is 2.81 bits per heavy atom. The Morgan fingerprint density at radius 1 is 1.48 bits per heavy atom. The number of nitrogens with zero attached hydrogens (tertiary/aromatic N) is 1. The molecule has 0 bridgehead atoms. The van der Waals surface area contributed by atoms with Crippen LogP contribution in [-0.2, 0) is 10.0 Å². The summed E-state index contributed by atoms with van der Waals surface area (Å²) in [6, 6.07) is 1.07. The predicted octanol–water partition coefficient (Wildman–Crippen LogP) is -0.163. The highest BCUT2D eigenvalue weighted by atomic mass is 32.2. The number of amides is 1. The lowest BCUT2D eigenvalue weighted by molar-refractivity contribution is 0.0701. The lowest BCUT2D eigenvalue weighted by atomic mass is 10.1. The van der Waals surface area contributed by atoms with Gasteiger partial charge in [-0.05, 0) is 19.8 Å². The monoisotopic (exact) mass is 313 g/mol. The van der Waals surface area contributed by atoms with Gasteiger partial charge in [-0.25, -0.2) is 13.1 Å². The van der Waals surface area contributed by atoms with E-state index < -0.39 is 10.0 Å². The first-order valence-corrected chi connectivity index (χ1v) is 8.61. The highest BCUT2D eigenvalue weighted by Crippen LogP contribution is 2.13. The molecule has 116 valence electrons. The largest absolute Gasteiger partial charge is 0.364 e. The van der Waals surface area contributed by atoms with Gasteiger partial charge >= 0.3 is 0 Å². The molecule has 1 amide bonds. The minimum absolute atomic E-state index is 0.0839. The number of hydrogen-bond acceptors (Lipinski definition) is 4. The molecule has 0 spiro atoms. The predicted molar refractivity (Wildman–Crippen MR) is 78.7 cm³/mol. The van der Waals surface area contributed by atoms with E-state index in [-0.39, 0.29) is 29.5 Å². The number of hydrogen-bond donors (Lipinski definition) is 2. The van der Waals surface area contributed by atoms with Gasteiger partial charge in [-0.3, -0.25) is 9.59 Å². The Hall–Kier alpha value is -1.67. The van der Waals surface area contributed by atoms with Crippen molar-refractivity contribution in [1.29, 1.82) is 0 Å². The van der Waals surface area contributed by atoms with Gasteiger partial charge in [-0.1, -0.05) is 0 Å². The number of nitrogens with one attached hydrogen (secondary N) is 2. The number of aryl methyl sites for hydroxylation is 1. The summed E-state index contributed by atoms with van der Waals surface area (Å²) in [5.41, 5.74) is 0.446. The van der Waals surface area contributed by atoms with Crippen molar-refractivity contribution in [3.63, 3.8) is 0 Å². The van der Waals surface area contributed by atoms with Crippen molar-refractivity contribution in [3.05, 3.63) is 33.7 Å². The molecule has 1 aliphatic heterocycles. The van der Waals surface area contributed by atoms with E-state index in [1.165, 1.54) is 17.2 Å². The van der Waals surface area contributed by atoms with E-state index >= 15 is 0 Å². The molecule has 2 rings (SSSR count). The van der Waals surface area contributed by atoms with E-state index in [4.69, 9.17) is 0 Å². The zero-order valence-electron chi connectivity index (χ0n) is 12.0. The lowest BCUT2D eigenvalue weighted by Gasteiger charge is -2.32. The fourth-order valence-corrected chi connectivity index (χ4v) is 3.27. The molecule has 0 radical (unpaired) electrons. The first-order chi connectivity index (χ1) is 9.76. The summed E-state index contributed by atoms with van der Waals surface area (Å²) in [7, 11) is -3.31. The second-order valence-electron chi connectivity index (χ2n) is 5.37. The van der Waals surface area contributed by atoms with Crippen molar-refractivity contribution >= 4 is 15.9 Å². The molecule has 1 saturated heterocycles. The summed E-state index contributed by atoms with van der Waals surface area (Å²) in [4.78, 5) is 28.6. The van der Waals surface area contributed by atoms with Gasteiger partial charge in [0.1, 0.15) is 5.56 Å². The minimum Gasteiger partial charge on any atom is -0.364 e. The third-order valence-corrected chi connectivity index (χ3v) is 4.14. The van der Waals surface area contributed by atoms with Gasteiger partial charge in [0, 0.05) is 37.1 Å². The number of carbonyl (C=O) groups excluding carboxylic acids is 1. The van der Waals surface area contributed by atoms with Gasteiger partial charge in [0.2, 0.25) is 10.0 Å². The van der Waals surface area contributed by atoms with Crippen LogP contribution in [0.25, 0.3) is 0 Å². The van der Waals surface area contributed by atoms with E-state index in [2.05, 4.69) is 9.71 Å². The van der Waals surface area contributed by atoms with E-state index in [1.807, 2.05) is 0 Å². The fourth-order valence-electron chi connectivity index (χ4n) is 2.47. The third-order valence-electron chi connectivity index (χ3n) is 3.38. The molecule has 1 fully saturated rings. The molecule has 1 unspecified atom stereocenters. The molecule has 21 heavy (non-hydrogen) atoms. The highest BCUT2D eigenvalue weighted by molar-refractivity contribution is 7.88. The zero-order chi connectivity index (χ0) is 15.6. The molecule has 0 aliphatic carbocycles. The number of pyridine rings is 1. The molecule has 1 aliphatic rings. The molecule has 1 aromatic rings. The molecule has 1 aromatic heterocycles. The third kappa shape index (κ3) is 4.15. The van der Waals surface area contributed by atoms with Crippen molar-refractivity contribution in [2.45, 2.75) is 25.8 Å². The van der Waals surface area contributed by atoms with Crippen molar-refractivity contribution in [2.24, 2.45) is 0 Å². The van der Waals surface area contributed by atoms with Crippen LogP contribution in [0, 0.1) is 6.92 Å². The van der Waals surface area contributed by atoms with Crippen LogP contribution in [0.2, 0.25) is 0 Å². The van der Waals surface area contributed by atoms with Crippen LogP contribution >= 0.6 is 0 Å². The number of rotatable bonds is 3. The smallest absolute Gasteiger partial charge is 0.259 e. The van der Waals surface area contributed by atoms with Crippen molar-refractivity contribution < 1.29 is 13.2 Å². The van der Waals surface area contributed by atoms with E-state index in [0.29, 0.717) is 25.1 Å². The van der Waals surface area contributed by atoms with Crippen LogP contribution < -0.4 is 10.2 Å². The number of H-pyrrole nitrogens is 1. The van der Waals surface area contributed by atoms with Crippen LogP contribution in [0.5, 0.6) is 0 Å². The van der Waals surface area contributed by atoms with Crippen LogP contribution in [0.4, 0.5) is 0 Å². The van der Waals surface area contributed by atoms with E-state index in [1.54, 1.807) is 6.92 Å². The van der Waals surface area contributed by atoms with Crippen LogP contribution in [-0.4, -0.2) is 49.6 Å². The molecule has 0 aromatic carbocycles. The summed E-state index contributed by atoms with van der Waals surface area (Å²) in [6.07, 6.45) is 3.88. The average molecular weight is 313 g/mol. The maximum Gasteiger partial charge on any atom is 0.259 e. The van der Waals surface area contributed by atoms with Crippen molar-refractivity contribution in [3.8, 4) is 0 Å². The standard InChI is InChI=1S/C13H19N3O4S/c1-9-6-12(17)11(7-14-9)13(18)16-5-3-4-10(8-16)15-21(2,19)20/h6-7,10,15H,3-5,8H2,1-2H3,(H,14,17). The summed E-state index contributed by atoms with van der Waals surface area (Å²) >= 11 is 0. The van der Waals surface area contributed by atoms with E-state index in [0.717, 1.165) is 6.26 Å². The quantitative estimate of drug-likeness (QED) is 0.809. The maximum atomic E-state index is 12.4. The normalized spacial score (nSPS) is 19.5. The Bertz CT molecular complexity index is 696. The topological polar surface area (TPSA) is 99.3 Å². The summed E-state index contributed by atoms with van der Waals surface area (Å²) in [5, 5.41) is 0. The number of aromatic amines is 1.